The molecule has 0 aromatic rings. The van der Waals surface area contributed by atoms with Crippen molar-refractivity contribution >= 4 is 11.9 Å². The van der Waals surface area contributed by atoms with Crippen LogP contribution < -0.4 is 11.1 Å². The van der Waals surface area contributed by atoms with Crippen molar-refractivity contribution in [3.05, 3.63) is 0 Å². The minimum Gasteiger partial charge on any atom is -0.481 e. The van der Waals surface area contributed by atoms with Gasteiger partial charge in [0.05, 0.1) is 11.5 Å². The molecule has 0 rings (SSSR count). The van der Waals surface area contributed by atoms with Crippen LogP contribution in [0.25, 0.3) is 0 Å². The standard InChI is InChI=1S/C10H20N2O3/c1-4-7(8(13)14)6-12-9(15)10(3,11)5-2/h7H,4-6,11H2,1-3H3,(H,12,15)(H,13,14). The van der Waals surface area contributed by atoms with E-state index in [2.05, 4.69) is 5.32 Å². The third-order valence-electron chi connectivity index (χ3n) is 2.60. The van der Waals surface area contributed by atoms with E-state index in [1.165, 1.54) is 0 Å². The third-order valence-corrected chi connectivity index (χ3v) is 2.60. The van der Waals surface area contributed by atoms with Crippen molar-refractivity contribution in [2.45, 2.75) is 39.2 Å². The van der Waals surface area contributed by atoms with Crippen molar-refractivity contribution in [1.29, 1.82) is 0 Å². The molecule has 4 N–H and O–H groups in total. The molecule has 15 heavy (non-hydrogen) atoms. The molecule has 0 saturated heterocycles. The zero-order valence-electron chi connectivity index (χ0n) is 9.54. The maximum Gasteiger partial charge on any atom is 0.308 e. The second-order valence-electron chi connectivity index (χ2n) is 3.92. The van der Waals surface area contributed by atoms with Gasteiger partial charge in [-0.1, -0.05) is 13.8 Å². The van der Waals surface area contributed by atoms with Crippen LogP contribution in [0.4, 0.5) is 0 Å². The molecule has 88 valence electrons. The second kappa shape index (κ2) is 5.70. The van der Waals surface area contributed by atoms with Crippen molar-refractivity contribution in [1.82, 2.24) is 5.32 Å². The van der Waals surface area contributed by atoms with Crippen LogP contribution in [0.1, 0.15) is 33.6 Å². The number of carbonyl (C=O) groups is 2. The van der Waals surface area contributed by atoms with E-state index in [1.807, 2.05) is 6.92 Å². The zero-order chi connectivity index (χ0) is 12.1. The molecular formula is C10H20N2O3. The number of rotatable bonds is 6. The summed E-state index contributed by atoms with van der Waals surface area (Å²) in [5, 5.41) is 11.3. The molecule has 2 unspecified atom stereocenters. The van der Waals surface area contributed by atoms with Gasteiger partial charge in [0.1, 0.15) is 0 Å². The topological polar surface area (TPSA) is 92.4 Å². The van der Waals surface area contributed by atoms with Crippen LogP contribution >= 0.6 is 0 Å². The molecule has 0 aromatic heterocycles. The Morgan fingerprint density at radius 2 is 2.00 bits per heavy atom. The first-order chi connectivity index (χ1) is 6.85. The van der Waals surface area contributed by atoms with Gasteiger partial charge in [-0.2, -0.15) is 0 Å². The molecule has 0 aliphatic carbocycles. The fourth-order valence-electron chi connectivity index (χ4n) is 0.985. The molecule has 0 spiro atoms. The number of hydrogen-bond donors (Lipinski definition) is 3. The molecule has 0 aliphatic heterocycles. The van der Waals surface area contributed by atoms with Gasteiger partial charge in [-0.15, -0.1) is 0 Å². The Morgan fingerprint density at radius 1 is 1.47 bits per heavy atom. The van der Waals surface area contributed by atoms with Gasteiger partial charge in [0.15, 0.2) is 0 Å². The van der Waals surface area contributed by atoms with E-state index in [-0.39, 0.29) is 12.5 Å². The average molecular weight is 216 g/mol. The van der Waals surface area contributed by atoms with E-state index in [0.717, 1.165) is 0 Å². The van der Waals surface area contributed by atoms with Gasteiger partial charge in [-0.25, -0.2) is 0 Å². The fraction of sp³-hybridized carbons (Fsp3) is 0.800. The second-order valence-corrected chi connectivity index (χ2v) is 3.92. The SMILES string of the molecule is CCC(CNC(=O)C(C)(N)CC)C(=O)O. The Kier molecular flexibility index (Phi) is 5.28. The molecule has 0 fully saturated rings. The van der Waals surface area contributed by atoms with Gasteiger partial charge >= 0.3 is 5.97 Å². The van der Waals surface area contributed by atoms with Gasteiger partial charge in [-0.3, -0.25) is 9.59 Å². The van der Waals surface area contributed by atoms with Crippen LogP contribution in [-0.4, -0.2) is 29.1 Å². The predicted octanol–water partition coefficient (Wildman–Crippen LogP) is 0.341. The first-order valence-electron chi connectivity index (χ1n) is 5.15. The van der Waals surface area contributed by atoms with E-state index in [1.54, 1.807) is 13.8 Å². The molecule has 0 saturated carbocycles. The zero-order valence-corrected chi connectivity index (χ0v) is 9.54. The van der Waals surface area contributed by atoms with Crippen molar-refractivity contribution in [2.75, 3.05) is 6.54 Å². The highest BCUT2D eigenvalue weighted by Gasteiger charge is 2.27. The van der Waals surface area contributed by atoms with Crippen molar-refractivity contribution in [3.63, 3.8) is 0 Å². The van der Waals surface area contributed by atoms with Crippen LogP contribution in [-0.2, 0) is 9.59 Å². The summed E-state index contributed by atoms with van der Waals surface area (Å²) < 4.78 is 0. The average Bonchev–Trinajstić information content (AvgIpc) is 2.17. The molecule has 0 heterocycles. The van der Waals surface area contributed by atoms with Gasteiger partial charge in [0.2, 0.25) is 5.91 Å². The van der Waals surface area contributed by atoms with Crippen LogP contribution in [0.15, 0.2) is 0 Å². The summed E-state index contributed by atoms with van der Waals surface area (Å²) in [6.07, 6.45) is 1.01. The summed E-state index contributed by atoms with van der Waals surface area (Å²) in [6, 6.07) is 0. The lowest BCUT2D eigenvalue weighted by Gasteiger charge is -2.22. The van der Waals surface area contributed by atoms with Gasteiger partial charge in [-0.05, 0) is 19.8 Å². The number of amides is 1. The minimum absolute atomic E-state index is 0.136. The molecular weight excluding hydrogens is 196 g/mol. The summed E-state index contributed by atoms with van der Waals surface area (Å²) in [4.78, 5) is 22.2. The highest BCUT2D eigenvalue weighted by molar-refractivity contribution is 5.85. The largest absolute Gasteiger partial charge is 0.481 e. The van der Waals surface area contributed by atoms with Gasteiger partial charge in [0, 0.05) is 6.54 Å². The Hall–Kier alpha value is -1.10. The van der Waals surface area contributed by atoms with E-state index in [4.69, 9.17) is 10.8 Å². The van der Waals surface area contributed by atoms with Crippen molar-refractivity contribution in [2.24, 2.45) is 11.7 Å². The van der Waals surface area contributed by atoms with E-state index >= 15 is 0 Å². The summed E-state index contributed by atoms with van der Waals surface area (Å²) >= 11 is 0. The number of aliphatic carboxylic acids is 1. The maximum absolute atomic E-state index is 11.5. The lowest BCUT2D eigenvalue weighted by Crippen LogP contribution is -2.52. The quantitative estimate of drug-likeness (QED) is 0.597. The molecule has 0 bridgehead atoms. The Bertz CT molecular complexity index is 239. The summed E-state index contributed by atoms with van der Waals surface area (Å²) in [5.74, 6) is -1.74. The Morgan fingerprint density at radius 3 is 2.33 bits per heavy atom. The van der Waals surface area contributed by atoms with Crippen LogP contribution in [0, 0.1) is 5.92 Å². The Balaban J connectivity index is 4.16. The van der Waals surface area contributed by atoms with E-state index in [0.29, 0.717) is 12.8 Å². The smallest absolute Gasteiger partial charge is 0.308 e. The molecule has 0 radical (unpaired) electrons. The third kappa shape index (κ3) is 4.29. The number of hydrogen-bond acceptors (Lipinski definition) is 3. The molecule has 1 amide bonds. The Labute approximate surface area is 90.0 Å². The van der Waals surface area contributed by atoms with Crippen molar-refractivity contribution in [3.8, 4) is 0 Å². The molecule has 5 nitrogen and oxygen atoms in total. The monoisotopic (exact) mass is 216 g/mol. The summed E-state index contributed by atoms with van der Waals surface area (Å²) in [7, 11) is 0. The predicted molar refractivity (Wildman–Crippen MR) is 57.3 cm³/mol. The van der Waals surface area contributed by atoms with Gasteiger partial charge < -0.3 is 16.2 Å². The normalized spacial score (nSPS) is 16.5. The highest BCUT2D eigenvalue weighted by atomic mass is 16.4. The van der Waals surface area contributed by atoms with E-state index < -0.39 is 17.4 Å². The first-order valence-corrected chi connectivity index (χ1v) is 5.15. The number of nitrogens with two attached hydrogens (primary N) is 1. The van der Waals surface area contributed by atoms with Gasteiger partial charge in [0.25, 0.3) is 0 Å². The van der Waals surface area contributed by atoms with Crippen LogP contribution in [0.5, 0.6) is 0 Å². The van der Waals surface area contributed by atoms with E-state index in [9.17, 15) is 9.59 Å². The first kappa shape index (κ1) is 13.9. The molecule has 5 heteroatoms. The number of carbonyl (C=O) groups excluding carboxylic acids is 1. The lowest BCUT2D eigenvalue weighted by molar-refractivity contribution is -0.141. The minimum atomic E-state index is -0.920. The van der Waals surface area contributed by atoms with Crippen molar-refractivity contribution < 1.29 is 14.7 Å². The number of carboxylic acid groups (broad SMARTS) is 1. The maximum atomic E-state index is 11.5. The number of carboxylic acids is 1. The lowest BCUT2D eigenvalue weighted by atomic mass is 9.99. The summed E-state index contributed by atoms with van der Waals surface area (Å²) in [5.41, 5.74) is 4.78. The molecule has 0 aromatic carbocycles. The molecule has 2 atom stereocenters. The summed E-state index contributed by atoms with van der Waals surface area (Å²) in [6.45, 7) is 5.35. The molecule has 0 aliphatic rings. The fourth-order valence-corrected chi connectivity index (χ4v) is 0.985. The van der Waals surface area contributed by atoms with Crippen LogP contribution in [0.2, 0.25) is 0 Å². The number of nitrogens with one attached hydrogen (secondary N) is 1. The van der Waals surface area contributed by atoms with Crippen LogP contribution in [0.3, 0.4) is 0 Å². The highest BCUT2D eigenvalue weighted by Crippen LogP contribution is 2.06.